The molecule has 4 nitrogen and oxygen atoms in total. The summed E-state index contributed by atoms with van der Waals surface area (Å²) in [7, 11) is 0. The van der Waals surface area contributed by atoms with Crippen LogP contribution in [0.25, 0.3) is 0 Å². The summed E-state index contributed by atoms with van der Waals surface area (Å²) in [4.78, 5) is 23.2. The molecule has 0 radical (unpaired) electrons. The highest BCUT2D eigenvalue weighted by Crippen LogP contribution is 2.07. The van der Waals surface area contributed by atoms with E-state index in [4.69, 9.17) is 0 Å². The van der Waals surface area contributed by atoms with Gasteiger partial charge in [-0.15, -0.1) is 0 Å². The number of anilines is 1. The van der Waals surface area contributed by atoms with Crippen molar-refractivity contribution in [3.05, 3.63) is 66.0 Å². The number of halogens is 1. The van der Waals surface area contributed by atoms with Crippen LogP contribution in [0.5, 0.6) is 0 Å². The molecule has 0 heterocycles. The summed E-state index contributed by atoms with van der Waals surface area (Å²) >= 11 is 0. The highest BCUT2D eigenvalue weighted by molar-refractivity contribution is 6.39. The van der Waals surface area contributed by atoms with Gasteiger partial charge in [-0.1, -0.05) is 30.3 Å². The van der Waals surface area contributed by atoms with Gasteiger partial charge in [-0.3, -0.25) is 9.59 Å². The Balaban J connectivity index is 1.77. The Morgan fingerprint density at radius 1 is 0.905 bits per heavy atom. The van der Waals surface area contributed by atoms with Crippen LogP contribution in [0.2, 0.25) is 0 Å². The van der Waals surface area contributed by atoms with E-state index in [0.29, 0.717) is 18.7 Å². The van der Waals surface area contributed by atoms with Crippen molar-refractivity contribution < 1.29 is 14.0 Å². The summed E-state index contributed by atoms with van der Waals surface area (Å²) in [6.45, 7) is 0.375. The minimum absolute atomic E-state index is 0.375. The van der Waals surface area contributed by atoms with E-state index in [1.54, 1.807) is 0 Å². The molecule has 0 aliphatic carbocycles. The molecule has 0 bridgehead atoms. The first kappa shape index (κ1) is 14.7. The van der Waals surface area contributed by atoms with Crippen LogP contribution in [0.3, 0.4) is 0 Å². The fraction of sp³-hybridized carbons (Fsp3) is 0.125. The first-order valence-corrected chi connectivity index (χ1v) is 6.54. The highest BCUT2D eigenvalue weighted by Gasteiger charge is 2.12. The van der Waals surface area contributed by atoms with E-state index in [0.717, 1.165) is 5.56 Å². The molecule has 0 spiro atoms. The third-order valence-corrected chi connectivity index (χ3v) is 2.85. The molecule has 21 heavy (non-hydrogen) atoms. The van der Waals surface area contributed by atoms with Crippen molar-refractivity contribution in [3.63, 3.8) is 0 Å². The predicted octanol–water partition coefficient (Wildman–Crippen LogP) is 2.12. The number of hydrogen-bond donors (Lipinski definition) is 2. The standard InChI is InChI=1S/C16H15FN2O2/c17-13-6-8-14(9-7-13)19-16(21)15(20)18-11-10-12-4-2-1-3-5-12/h1-9H,10-11H2,(H,18,20)(H,19,21). The first-order chi connectivity index (χ1) is 10.1. The monoisotopic (exact) mass is 286 g/mol. The van der Waals surface area contributed by atoms with E-state index in [-0.39, 0.29) is 0 Å². The van der Waals surface area contributed by atoms with Gasteiger partial charge in [0.15, 0.2) is 0 Å². The zero-order valence-corrected chi connectivity index (χ0v) is 11.3. The lowest BCUT2D eigenvalue weighted by Crippen LogP contribution is -2.36. The second kappa shape index (κ2) is 7.19. The molecular weight excluding hydrogens is 271 g/mol. The number of benzene rings is 2. The van der Waals surface area contributed by atoms with Gasteiger partial charge in [0.1, 0.15) is 5.82 Å². The van der Waals surface area contributed by atoms with Gasteiger partial charge < -0.3 is 10.6 Å². The zero-order valence-electron chi connectivity index (χ0n) is 11.3. The predicted molar refractivity (Wildman–Crippen MR) is 78.2 cm³/mol. The van der Waals surface area contributed by atoms with Crippen molar-refractivity contribution >= 4 is 17.5 Å². The fourth-order valence-corrected chi connectivity index (χ4v) is 1.77. The Hall–Kier alpha value is -2.69. The van der Waals surface area contributed by atoms with Crippen LogP contribution in [0.15, 0.2) is 54.6 Å². The molecule has 0 saturated heterocycles. The quantitative estimate of drug-likeness (QED) is 0.846. The maximum atomic E-state index is 12.7. The molecule has 0 saturated carbocycles. The molecule has 0 aromatic heterocycles. The van der Waals surface area contributed by atoms with E-state index in [2.05, 4.69) is 10.6 Å². The van der Waals surface area contributed by atoms with Crippen molar-refractivity contribution in [3.8, 4) is 0 Å². The molecule has 0 fully saturated rings. The lowest BCUT2D eigenvalue weighted by molar-refractivity contribution is -0.136. The Morgan fingerprint density at radius 2 is 1.57 bits per heavy atom. The smallest absolute Gasteiger partial charge is 0.313 e. The summed E-state index contributed by atoms with van der Waals surface area (Å²) in [6, 6.07) is 14.9. The van der Waals surface area contributed by atoms with Gasteiger partial charge in [0.25, 0.3) is 0 Å². The molecule has 2 rings (SSSR count). The lowest BCUT2D eigenvalue weighted by Gasteiger charge is -2.06. The maximum Gasteiger partial charge on any atom is 0.313 e. The van der Waals surface area contributed by atoms with Crippen LogP contribution in [0.4, 0.5) is 10.1 Å². The average molecular weight is 286 g/mol. The number of amides is 2. The molecule has 2 amide bonds. The second-order valence-corrected chi connectivity index (χ2v) is 4.45. The van der Waals surface area contributed by atoms with Crippen molar-refractivity contribution in [2.75, 3.05) is 11.9 Å². The van der Waals surface area contributed by atoms with Gasteiger partial charge in [-0.25, -0.2) is 4.39 Å². The van der Waals surface area contributed by atoms with Gasteiger partial charge >= 0.3 is 11.8 Å². The van der Waals surface area contributed by atoms with Gasteiger partial charge in [-0.2, -0.15) is 0 Å². The largest absolute Gasteiger partial charge is 0.347 e. The Bertz CT molecular complexity index is 612. The van der Waals surface area contributed by atoms with Crippen LogP contribution in [-0.2, 0) is 16.0 Å². The molecule has 2 aromatic carbocycles. The Morgan fingerprint density at radius 3 is 2.24 bits per heavy atom. The fourth-order valence-electron chi connectivity index (χ4n) is 1.77. The number of carbonyl (C=O) groups excluding carboxylic acids is 2. The number of hydrogen-bond acceptors (Lipinski definition) is 2. The molecule has 0 atom stereocenters. The van der Waals surface area contributed by atoms with Gasteiger partial charge in [-0.05, 0) is 36.2 Å². The molecular formula is C16H15FN2O2. The highest BCUT2D eigenvalue weighted by atomic mass is 19.1. The maximum absolute atomic E-state index is 12.7. The SMILES string of the molecule is O=C(NCCc1ccccc1)C(=O)Nc1ccc(F)cc1. The normalized spacial score (nSPS) is 9.95. The summed E-state index contributed by atoms with van der Waals surface area (Å²) in [6.07, 6.45) is 0.649. The lowest BCUT2D eigenvalue weighted by atomic mass is 10.1. The van der Waals surface area contributed by atoms with E-state index >= 15 is 0 Å². The molecule has 0 aliphatic rings. The topological polar surface area (TPSA) is 58.2 Å². The van der Waals surface area contributed by atoms with Crippen LogP contribution >= 0.6 is 0 Å². The third kappa shape index (κ3) is 4.72. The molecule has 108 valence electrons. The average Bonchev–Trinajstić information content (AvgIpc) is 2.50. The number of nitrogens with one attached hydrogen (secondary N) is 2. The first-order valence-electron chi connectivity index (χ1n) is 6.54. The Kier molecular flexibility index (Phi) is 5.04. The molecule has 2 N–H and O–H groups in total. The molecule has 2 aromatic rings. The van der Waals surface area contributed by atoms with Crippen LogP contribution in [0.1, 0.15) is 5.56 Å². The molecule has 0 aliphatic heterocycles. The number of carbonyl (C=O) groups is 2. The molecule has 5 heteroatoms. The molecule has 0 unspecified atom stereocenters. The summed E-state index contributed by atoms with van der Waals surface area (Å²) in [5.74, 6) is -1.88. The van der Waals surface area contributed by atoms with Gasteiger partial charge in [0.2, 0.25) is 0 Å². The number of rotatable bonds is 4. The van der Waals surface area contributed by atoms with E-state index in [9.17, 15) is 14.0 Å². The van der Waals surface area contributed by atoms with Crippen LogP contribution in [0, 0.1) is 5.82 Å². The van der Waals surface area contributed by atoms with Gasteiger partial charge in [0, 0.05) is 12.2 Å². The van der Waals surface area contributed by atoms with Gasteiger partial charge in [0.05, 0.1) is 0 Å². The van der Waals surface area contributed by atoms with Crippen molar-refractivity contribution in [1.29, 1.82) is 0 Å². The minimum atomic E-state index is -0.769. The minimum Gasteiger partial charge on any atom is -0.347 e. The van der Waals surface area contributed by atoms with Crippen LogP contribution in [-0.4, -0.2) is 18.4 Å². The zero-order chi connectivity index (χ0) is 15.1. The van der Waals surface area contributed by atoms with Crippen molar-refractivity contribution in [2.24, 2.45) is 0 Å². The van der Waals surface area contributed by atoms with E-state index < -0.39 is 17.6 Å². The second-order valence-electron chi connectivity index (χ2n) is 4.45. The van der Waals surface area contributed by atoms with E-state index in [1.807, 2.05) is 30.3 Å². The Labute approximate surface area is 122 Å². The van der Waals surface area contributed by atoms with E-state index in [1.165, 1.54) is 24.3 Å². The third-order valence-electron chi connectivity index (χ3n) is 2.85. The van der Waals surface area contributed by atoms with Crippen molar-refractivity contribution in [1.82, 2.24) is 5.32 Å². The summed E-state index contributed by atoms with van der Waals surface area (Å²) < 4.78 is 12.7. The summed E-state index contributed by atoms with van der Waals surface area (Å²) in [5.41, 5.74) is 1.45. The van der Waals surface area contributed by atoms with Crippen LogP contribution < -0.4 is 10.6 Å². The summed E-state index contributed by atoms with van der Waals surface area (Å²) in [5, 5.41) is 4.94. The van der Waals surface area contributed by atoms with Crippen molar-refractivity contribution in [2.45, 2.75) is 6.42 Å².